The highest BCUT2D eigenvalue weighted by molar-refractivity contribution is 5.85. The van der Waals surface area contributed by atoms with Crippen LogP contribution in [-0.4, -0.2) is 11.1 Å². The smallest absolute Gasteiger partial charge is 0.328 e. The molecule has 0 aliphatic heterocycles. The number of carbonyl (C=O) groups is 1. The predicted molar refractivity (Wildman–Crippen MR) is 52.8 cm³/mol. The van der Waals surface area contributed by atoms with Gasteiger partial charge in [-0.25, -0.2) is 9.18 Å². The second-order valence-electron chi connectivity index (χ2n) is 2.99. The first kappa shape index (κ1) is 12.9. The van der Waals surface area contributed by atoms with Crippen LogP contribution in [0.15, 0.2) is 24.3 Å². The normalized spacial score (nSPS) is 13.9. The molecule has 0 aliphatic carbocycles. The lowest BCUT2D eigenvalue weighted by Crippen LogP contribution is -2.42. The molecule has 0 bridgehead atoms. The summed E-state index contributed by atoms with van der Waals surface area (Å²) in [4.78, 5) is 10.7. The van der Waals surface area contributed by atoms with Gasteiger partial charge in [0.2, 0.25) is 0 Å². The molecule has 0 unspecified atom stereocenters. The van der Waals surface area contributed by atoms with Gasteiger partial charge < -0.3 is 10.8 Å². The first-order valence-electron chi connectivity index (χ1n) is 3.73. The molecule has 0 amide bonds. The second kappa shape index (κ2) is 4.39. The zero-order valence-electron chi connectivity index (χ0n) is 7.53. The maximum Gasteiger partial charge on any atom is 0.328 e. The van der Waals surface area contributed by atoms with Crippen LogP contribution in [0.1, 0.15) is 12.5 Å². The van der Waals surface area contributed by atoms with E-state index in [0.717, 1.165) is 0 Å². The molecule has 1 rings (SSSR count). The molecule has 0 radical (unpaired) electrons. The molecule has 0 saturated carbocycles. The van der Waals surface area contributed by atoms with E-state index in [9.17, 15) is 9.18 Å². The van der Waals surface area contributed by atoms with Crippen molar-refractivity contribution in [3.63, 3.8) is 0 Å². The number of nitrogens with two attached hydrogens (primary N) is 1. The first-order valence-corrected chi connectivity index (χ1v) is 3.73. The van der Waals surface area contributed by atoms with Crippen molar-refractivity contribution in [2.24, 2.45) is 5.73 Å². The molecule has 1 aromatic rings. The van der Waals surface area contributed by atoms with E-state index < -0.39 is 17.3 Å². The van der Waals surface area contributed by atoms with E-state index in [4.69, 9.17) is 10.8 Å². The predicted octanol–water partition coefficient (Wildman–Crippen LogP) is 1.51. The summed E-state index contributed by atoms with van der Waals surface area (Å²) in [5.74, 6) is -1.85. The molecule has 0 fully saturated rings. The minimum absolute atomic E-state index is 0. The van der Waals surface area contributed by atoms with Crippen LogP contribution in [0, 0.1) is 5.82 Å². The SMILES string of the molecule is C[C@@](N)(C(=O)O)c1ccccc1F.Cl. The van der Waals surface area contributed by atoms with Crippen molar-refractivity contribution < 1.29 is 14.3 Å². The van der Waals surface area contributed by atoms with Gasteiger partial charge in [-0.2, -0.15) is 0 Å². The summed E-state index contributed by atoms with van der Waals surface area (Å²) >= 11 is 0. The second-order valence-corrected chi connectivity index (χ2v) is 2.99. The van der Waals surface area contributed by atoms with Crippen molar-refractivity contribution in [3.05, 3.63) is 35.6 Å². The summed E-state index contributed by atoms with van der Waals surface area (Å²) < 4.78 is 13.1. The standard InChI is InChI=1S/C9H10FNO2.ClH/c1-9(11,8(12)13)6-4-2-3-5-7(6)10;/h2-5H,11H2,1H3,(H,12,13);1H/t9-;/m0./s1. The number of rotatable bonds is 2. The van der Waals surface area contributed by atoms with E-state index in [1.54, 1.807) is 6.07 Å². The molecule has 3 N–H and O–H groups in total. The monoisotopic (exact) mass is 219 g/mol. The Morgan fingerprint density at radius 2 is 2.00 bits per heavy atom. The molecule has 78 valence electrons. The molecule has 1 aromatic carbocycles. The van der Waals surface area contributed by atoms with Crippen molar-refractivity contribution in [1.29, 1.82) is 0 Å². The molecule has 0 saturated heterocycles. The molecule has 1 atom stereocenters. The van der Waals surface area contributed by atoms with E-state index >= 15 is 0 Å². The lowest BCUT2D eigenvalue weighted by Gasteiger charge is -2.19. The maximum absolute atomic E-state index is 13.1. The largest absolute Gasteiger partial charge is 0.480 e. The Labute approximate surface area is 87.1 Å². The molecule has 0 aromatic heterocycles. The first-order chi connectivity index (χ1) is 5.96. The van der Waals surface area contributed by atoms with Crippen molar-refractivity contribution in [1.82, 2.24) is 0 Å². The fourth-order valence-corrected chi connectivity index (χ4v) is 0.998. The van der Waals surface area contributed by atoms with Gasteiger partial charge in [0.15, 0.2) is 0 Å². The molecule has 0 heterocycles. The third-order valence-corrected chi connectivity index (χ3v) is 1.88. The van der Waals surface area contributed by atoms with E-state index in [0.29, 0.717) is 0 Å². The Kier molecular flexibility index (Phi) is 4.04. The van der Waals surface area contributed by atoms with Crippen LogP contribution in [-0.2, 0) is 10.3 Å². The van der Waals surface area contributed by atoms with Crippen molar-refractivity contribution >= 4 is 18.4 Å². The fourth-order valence-electron chi connectivity index (χ4n) is 0.998. The van der Waals surface area contributed by atoms with Crippen LogP contribution in [0.25, 0.3) is 0 Å². The number of carboxylic acids is 1. The average molecular weight is 220 g/mol. The van der Waals surface area contributed by atoms with Gasteiger partial charge in [0.25, 0.3) is 0 Å². The van der Waals surface area contributed by atoms with Crippen molar-refractivity contribution in [3.8, 4) is 0 Å². The Morgan fingerprint density at radius 3 is 2.43 bits per heavy atom. The van der Waals surface area contributed by atoms with E-state index in [1.165, 1.54) is 25.1 Å². The summed E-state index contributed by atoms with van der Waals surface area (Å²) in [5.41, 5.74) is 3.76. The number of hydrogen-bond acceptors (Lipinski definition) is 2. The van der Waals surface area contributed by atoms with Crippen LogP contribution in [0.5, 0.6) is 0 Å². The summed E-state index contributed by atoms with van der Waals surface area (Å²) in [7, 11) is 0. The van der Waals surface area contributed by atoms with Gasteiger partial charge in [-0.1, -0.05) is 18.2 Å². The Hall–Kier alpha value is -1.13. The lowest BCUT2D eigenvalue weighted by atomic mass is 9.93. The summed E-state index contributed by atoms with van der Waals surface area (Å²) in [6.07, 6.45) is 0. The maximum atomic E-state index is 13.1. The van der Waals surface area contributed by atoms with Crippen LogP contribution in [0.2, 0.25) is 0 Å². The highest BCUT2D eigenvalue weighted by Crippen LogP contribution is 2.20. The summed E-state index contributed by atoms with van der Waals surface area (Å²) in [6.45, 7) is 1.26. The van der Waals surface area contributed by atoms with E-state index in [-0.39, 0.29) is 18.0 Å². The molecular formula is C9H11ClFNO2. The van der Waals surface area contributed by atoms with Gasteiger partial charge in [0.1, 0.15) is 11.4 Å². The summed E-state index contributed by atoms with van der Waals surface area (Å²) in [5, 5.41) is 8.73. The lowest BCUT2D eigenvalue weighted by molar-refractivity contribution is -0.143. The van der Waals surface area contributed by atoms with Gasteiger partial charge in [-0.05, 0) is 13.0 Å². The van der Waals surface area contributed by atoms with Crippen LogP contribution in [0.4, 0.5) is 4.39 Å². The molecule has 14 heavy (non-hydrogen) atoms. The molecule has 0 aliphatic rings. The molecule has 0 spiro atoms. The van der Waals surface area contributed by atoms with E-state index in [2.05, 4.69) is 0 Å². The summed E-state index contributed by atoms with van der Waals surface area (Å²) in [6, 6.07) is 5.58. The zero-order valence-corrected chi connectivity index (χ0v) is 8.34. The fraction of sp³-hybridized carbons (Fsp3) is 0.222. The Morgan fingerprint density at radius 1 is 1.50 bits per heavy atom. The highest BCUT2D eigenvalue weighted by Gasteiger charge is 2.32. The average Bonchev–Trinajstić information content (AvgIpc) is 2.04. The van der Waals surface area contributed by atoms with Gasteiger partial charge in [-0.15, -0.1) is 12.4 Å². The Bertz CT molecular complexity index is 341. The van der Waals surface area contributed by atoms with Gasteiger partial charge in [-0.3, -0.25) is 0 Å². The molecule has 3 nitrogen and oxygen atoms in total. The topological polar surface area (TPSA) is 63.3 Å². The quantitative estimate of drug-likeness (QED) is 0.793. The number of halogens is 2. The number of carboxylic acid groups (broad SMARTS) is 1. The minimum atomic E-state index is -1.68. The number of benzene rings is 1. The van der Waals surface area contributed by atoms with Crippen LogP contribution < -0.4 is 5.73 Å². The zero-order chi connectivity index (χ0) is 10.1. The third kappa shape index (κ3) is 2.21. The van der Waals surface area contributed by atoms with E-state index in [1.807, 2.05) is 0 Å². The highest BCUT2D eigenvalue weighted by atomic mass is 35.5. The molecule has 5 heteroatoms. The number of aliphatic carboxylic acids is 1. The van der Waals surface area contributed by atoms with Crippen molar-refractivity contribution in [2.45, 2.75) is 12.5 Å². The van der Waals surface area contributed by atoms with Crippen molar-refractivity contribution in [2.75, 3.05) is 0 Å². The van der Waals surface area contributed by atoms with Gasteiger partial charge in [0.05, 0.1) is 0 Å². The van der Waals surface area contributed by atoms with Gasteiger partial charge >= 0.3 is 5.97 Å². The van der Waals surface area contributed by atoms with Crippen LogP contribution >= 0.6 is 12.4 Å². The number of hydrogen-bond donors (Lipinski definition) is 2. The van der Waals surface area contributed by atoms with Crippen LogP contribution in [0.3, 0.4) is 0 Å². The van der Waals surface area contributed by atoms with Gasteiger partial charge in [0, 0.05) is 5.56 Å². The molecular weight excluding hydrogens is 209 g/mol. The third-order valence-electron chi connectivity index (χ3n) is 1.88. The Balaban J connectivity index is 0.00000169. The minimum Gasteiger partial charge on any atom is -0.480 e.